The minimum absolute atomic E-state index is 0.000693. The second kappa shape index (κ2) is 9.24. The van der Waals surface area contributed by atoms with Gasteiger partial charge in [-0.25, -0.2) is 0 Å². The summed E-state index contributed by atoms with van der Waals surface area (Å²) in [7, 11) is 1.53. The summed E-state index contributed by atoms with van der Waals surface area (Å²) in [6.45, 7) is 3.97. The molecule has 0 spiro atoms. The van der Waals surface area contributed by atoms with Gasteiger partial charge < -0.3 is 13.9 Å². The summed E-state index contributed by atoms with van der Waals surface area (Å²) in [5.74, 6) is 0.573. The lowest BCUT2D eigenvalue weighted by Crippen LogP contribution is -2.29. The Hall–Kier alpha value is -3.55. The zero-order chi connectivity index (χ0) is 24.7. The number of carbonyl (C=O) groups is 1. The molecule has 0 radical (unpaired) electrons. The normalized spacial score (nSPS) is 14.8. The van der Waals surface area contributed by atoms with Crippen LogP contribution in [-0.4, -0.2) is 19.6 Å². The van der Waals surface area contributed by atoms with Gasteiger partial charge in [-0.3, -0.25) is 14.5 Å². The first kappa shape index (κ1) is 23.2. The lowest BCUT2D eigenvalue weighted by atomic mass is 9.97. The van der Waals surface area contributed by atoms with Crippen molar-refractivity contribution in [2.75, 3.05) is 18.6 Å². The summed E-state index contributed by atoms with van der Waals surface area (Å²) in [6.07, 6.45) is 1.63. The number of carbonyl (C=O) groups excluding carboxylic acids is 1. The van der Waals surface area contributed by atoms with Gasteiger partial charge in [0.25, 0.3) is 5.91 Å². The fraction of sp³-hybridized carbons (Fsp3) is 0.111. The predicted molar refractivity (Wildman–Crippen MR) is 139 cm³/mol. The maximum absolute atomic E-state index is 13.7. The summed E-state index contributed by atoms with van der Waals surface area (Å²) < 4.78 is 18.0. The van der Waals surface area contributed by atoms with E-state index in [0.717, 1.165) is 4.47 Å². The molecular weight excluding hydrogens is 534 g/mol. The standard InChI is InChI=1S/C27H19BrClNO5/c1-3-11-34-21-9-7-15(12-22(21)33-2)24-23-25(31)19-14-17(29)8-10-20(19)35-26(23)27(32)30(24)18-6-4-5-16(28)13-18/h3-10,12-14,24H,1,11H2,2H3. The van der Waals surface area contributed by atoms with Crippen LogP contribution in [0.25, 0.3) is 11.0 Å². The van der Waals surface area contributed by atoms with Crippen molar-refractivity contribution in [1.29, 1.82) is 0 Å². The summed E-state index contributed by atoms with van der Waals surface area (Å²) in [5.41, 5.74) is 1.49. The van der Waals surface area contributed by atoms with Crippen LogP contribution in [0.15, 0.2) is 87.0 Å². The van der Waals surface area contributed by atoms with Gasteiger partial charge in [0, 0.05) is 15.2 Å². The van der Waals surface area contributed by atoms with Crippen LogP contribution in [0.2, 0.25) is 5.02 Å². The molecule has 0 bridgehead atoms. The largest absolute Gasteiger partial charge is 0.493 e. The van der Waals surface area contributed by atoms with Crippen molar-refractivity contribution in [3.8, 4) is 11.5 Å². The van der Waals surface area contributed by atoms with Gasteiger partial charge in [0.15, 0.2) is 16.9 Å². The third kappa shape index (κ3) is 4.00. The third-order valence-electron chi connectivity index (χ3n) is 5.78. The summed E-state index contributed by atoms with van der Waals surface area (Å²) in [5, 5.41) is 0.711. The number of hydrogen-bond donors (Lipinski definition) is 0. The van der Waals surface area contributed by atoms with E-state index < -0.39 is 11.9 Å². The van der Waals surface area contributed by atoms with E-state index in [4.69, 9.17) is 25.5 Å². The molecule has 4 aromatic rings. The van der Waals surface area contributed by atoms with Crippen LogP contribution in [0, 0.1) is 0 Å². The van der Waals surface area contributed by atoms with E-state index in [1.807, 2.05) is 18.2 Å². The molecule has 0 fully saturated rings. The quantitative estimate of drug-likeness (QED) is 0.254. The monoisotopic (exact) mass is 551 g/mol. The number of halogens is 2. The van der Waals surface area contributed by atoms with E-state index in [0.29, 0.717) is 45.3 Å². The van der Waals surface area contributed by atoms with Crippen LogP contribution in [0.4, 0.5) is 5.69 Å². The molecule has 0 aliphatic carbocycles. The minimum atomic E-state index is -0.756. The van der Waals surface area contributed by atoms with E-state index in [1.54, 1.807) is 53.4 Å². The lowest BCUT2D eigenvalue weighted by Gasteiger charge is -2.26. The fourth-order valence-corrected chi connectivity index (χ4v) is 4.83. The Kier molecular flexibility index (Phi) is 6.13. The maximum atomic E-state index is 13.7. The number of nitrogens with zero attached hydrogens (tertiary/aromatic N) is 1. The Bertz CT molecular complexity index is 1550. The van der Waals surface area contributed by atoms with Gasteiger partial charge in [0.05, 0.1) is 24.1 Å². The van der Waals surface area contributed by atoms with E-state index in [2.05, 4.69) is 22.5 Å². The highest BCUT2D eigenvalue weighted by atomic mass is 79.9. The molecule has 1 aromatic heterocycles. The van der Waals surface area contributed by atoms with E-state index in [9.17, 15) is 9.59 Å². The lowest BCUT2D eigenvalue weighted by molar-refractivity contribution is 0.0971. The Morgan fingerprint density at radius 3 is 2.69 bits per heavy atom. The van der Waals surface area contributed by atoms with Crippen LogP contribution in [0.3, 0.4) is 0 Å². The van der Waals surface area contributed by atoms with E-state index in [1.165, 1.54) is 7.11 Å². The van der Waals surface area contributed by atoms with Crippen molar-refractivity contribution >= 4 is 50.1 Å². The van der Waals surface area contributed by atoms with Gasteiger partial charge >= 0.3 is 0 Å². The molecule has 1 amide bonds. The van der Waals surface area contributed by atoms with Gasteiger partial charge in [0.2, 0.25) is 5.76 Å². The predicted octanol–water partition coefficient (Wildman–Crippen LogP) is 6.53. The maximum Gasteiger partial charge on any atom is 0.295 e. The number of hydrogen-bond acceptors (Lipinski definition) is 5. The van der Waals surface area contributed by atoms with Gasteiger partial charge in [-0.2, -0.15) is 0 Å². The van der Waals surface area contributed by atoms with Crippen LogP contribution in [0.5, 0.6) is 11.5 Å². The average Bonchev–Trinajstić information content (AvgIpc) is 3.15. The topological polar surface area (TPSA) is 69.0 Å². The number of fused-ring (bicyclic) bond motifs is 2. The van der Waals surface area contributed by atoms with Crippen molar-refractivity contribution < 1.29 is 18.7 Å². The number of benzene rings is 3. The molecule has 0 saturated carbocycles. The first-order valence-corrected chi connectivity index (χ1v) is 11.9. The smallest absolute Gasteiger partial charge is 0.295 e. The van der Waals surface area contributed by atoms with Crippen LogP contribution >= 0.6 is 27.5 Å². The van der Waals surface area contributed by atoms with Crippen molar-refractivity contribution in [3.63, 3.8) is 0 Å². The second-order valence-electron chi connectivity index (χ2n) is 7.88. The van der Waals surface area contributed by atoms with Gasteiger partial charge in [-0.1, -0.05) is 52.3 Å². The molecule has 1 aliphatic rings. The zero-order valence-corrected chi connectivity index (χ0v) is 20.9. The molecule has 6 nitrogen and oxygen atoms in total. The molecule has 176 valence electrons. The molecule has 0 saturated heterocycles. The second-order valence-corrected chi connectivity index (χ2v) is 9.23. The molecule has 0 N–H and O–H groups in total. The highest BCUT2D eigenvalue weighted by molar-refractivity contribution is 9.10. The number of ether oxygens (including phenoxy) is 2. The van der Waals surface area contributed by atoms with Crippen molar-refractivity contribution in [2.24, 2.45) is 0 Å². The highest BCUT2D eigenvalue weighted by Crippen LogP contribution is 2.43. The van der Waals surface area contributed by atoms with Crippen molar-refractivity contribution in [3.05, 3.63) is 110 Å². The Labute approximate surface area is 214 Å². The summed E-state index contributed by atoms with van der Waals surface area (Å²) in [6, 6.07) is 16.6. The molecule has 3 aromatic carbocycles. The van der Waals surface area contributed by atoms with E-state index >= 15 is 0 Å². The molecule has 1 unspecified atom stereocenters. The van der Waals surface area contributed by atoms with Crippen LogP contribution < -0.4 is 19.8 Å². The molecule has 2 heterocycles. The molecule has 1 aliphatic heterocycles. The number of amides is 1. The first-order valence-electron chi connectivity index (χ1n) is 10.7. The van der Waals surface area contributed by atoms with Gasteiger partial charge in [-0.15, -0.1) is 0 Å². The molecule has 5 rings (SSSR count). The molecular formula is C27H19BrClNO5. The Morgan fingerprint density at radius 2 is 1.94 bits per heavy atom. The van der Waals surface area contributed by atoms with Crippen LogP contribution in [0.1, 0.15) is 27.7 Å². The van der Waals surface area contributed by atoms with E-state index in [-0.39, 0.29) is 16.8 Å². The van der Waals surface area contributed by atoms with Crippen LogP contribution in [-0.2, 0) is 0 Å². The molecule has 8 heteroatoms. The fourth-order valence-electron chi connectivity index (χ4n) is 4.27. The number of methoxy groups -OCH3 is 1. The van der Waals surface area contributed by atoms with Crippen molar-refractivity contribution in [2.45, 2.75) is 6.04 Å². The SMILES string of the molecule is C=CCOc1ccc(C2c3c(oc4ccc(Cl)cc4c3=O)C(=O)N2c2cccc(Br)c2)cc1OC. The summed E-state index contributed by atoms with van der Waals surface area (Å²) in [4.78, 5) is 29.0. The first-order chi connectivity index (χ1) is 16.9. The average molecular weight is 553 g/mol. The number of rotatable bonds is 6. The highest BCUT2D eigenvalue weighted by Gasteiger charge is 2.44. The summed E-state index contributed by atoms with van der Waals surface area (Å²) >= 11 is 9.64. The Balaban J connectivity index is 1.77. The minimum Gasteiger partial charge on any atom is -0.493 e. The molecule has 1 atom stereocenters. The third-order valence-corrected chi connectivity index (χ3v) is 6.51. The van der Waals surface area contributed by atoms with Gasteiger partial charge in [0.1, 0.15) is 12.2 Å². The van der Waals surface area contributed by atoms with Gasteiger partial charge in [-0.05, 0) is 54.1 Å². The number of anilines is 1. The molecule has 35 heavy (non-hydrogen) atoms. The van der Waals surface area contributed by atoms with Crippen molar-refractivity contribution in [1.82, 2.24) is 0 Å². The Morgan fingerprint density at radius 1 is 1.11 bits per heavy atom. The zero-order valence-electron chi connectivity index (χ0n) is 18.6.